The summed E-state index contributed by atoms with van der Waals surface area (Å²) >= 11 is 0. The van der Waals surface area contributed by atoms with Gasteiger partial charge < -0.3 is 14.4 Å². The van der Waals surface area contributed by atoms with Crippen LogP contribution >= 0.6 is 0 Å². The highest BCUT2D eigenvalue weighted by molar-refractivity contribution is 6.33. The molecule has 1 fully saturated rings. The van der Waals surface area contributed by atoms with E-state index in [0.717, 1.165) is 31.2 Å². The van der Waals surface area contributed by atoms with Crippen LogP contribution in [0.2, 0.25) is 0 Å². The highest BCUT2D eigenvalue weighted by Gasteiger charge is 2.23. The second-order valence-electron chi connectivity index (χ2n) is 6.86. The summed E-state index contributed by atoms with van der Waals surface area (Å²) < 4.78 is 10.1. The van der Waals surface area contributed by atoms with Crippen molar-refractivity contribution in [2.45, 2.75) is 52.1 Å². The highest BCUT2D eigenvalue weighted by Crippen LogP contribution is 2.23. The van der Waals surface area contributed by atoms with Crippen molar-refractivity contribution in [3.05, 3.63) is 35.9 Å². The minimum absolute atomic E-state index is 0.233. The number of piperidine rings is 1. The first-order chi connectivity index (χ1) is 13.1. The molecule has 0 N–H and O–H groups in total. The van der Waals surface area contributed by atoms with Crippen molar-refractivity contribution in [2.75, 3.05) is 19.7 Å². The number of unbranched alkanes of at least 4 members (excludes halogenated alkanes) is 1. The summed E-state index contributed by atoms with van der Waals surface area (Å²) in [7, 11) is 0. The largest absolute Gasteiger partial charge is 0.460 e. The van der Waals surface area contributed by atoms with Crippen molar-refractivity contribution in [1.82, 2.24) is 4.90 Å². The van der Waals surface area contributed by atoms with Crippen molar-refractivity contribution in [3.8, 4) is 0 Å². The molecule has 6 heteroatoms. The van der Waals surface area contributed by atoms with Crippen LogP contribution in [0.15, 0.2) is 30.3 Å². The Labute approximate surface area is 160 Å². The van der Waals surface area contributed by atoms with E-state index in [1.165, 1.54) is 0 Å². The van der Waals surface area contributed by atoms with Crippen molar-refractivity contribution < 1.29 is 23.9 Å². The lowest BCUT2D eigenvalue weighted by Crippen LogP contribution is -2.38. The Morgan fingerprint density at radius 2 is 1.74 bits per heavy atom. The Bertz CT molecular complexity index is 608. The minimum atomic E-state index is -0.722. The highest BCUT2D eigenvalue weighted by atomic mass is 16.6. The number of rotatable bonds is 9. The van der Waals surface area contributed by atoms with Crippen LogP contribution in [0, 0.1) is 5.92 Å². The van der Waals surface area contributed by atoms with Crippen molar-refractivity contribution in [2.24, 2.45) is 5.92 Å². The quantitative estimate of drug-likeness (QED) is 0.374. The maximum Gasteiger partial charge on any atom is 0.410 e. The van der Waals surface area contributed by atoms with Gasteiger partial charge in [0, 0.05) is 19.5 Å². The lowest BCUT2D eigenvalue weighted by atomic mass is 9.91. The van der Waals surface area contributed by atoms with Gasteiger partial charge >= 0.3 is 12.1 Å². The Balaban J connectivity index is 1.57. The van der Waals surface area contributed by atoms with E-state index in [2.05, 4.69) is 0 Å². The molecule has 1 aliphatic heterocycles. The summed E-state index contributed by atoms with van der Waals surface area (Å²) in [6.45, 7) is 3.64. The van der Waals surface area contributed by atoms with E-state index in [0.29, 0.717) is 32.0 Å². The molecule has 6 nitrogen and oxygen atoms in total. The molecule has 2 rings (SSSR count). The number of hydrogen-bond acceptors (Lipinski definition) is 5. The number of carbonyl (C=O) groups is 3. The van der Waals surface area contributed by atoms with Gasteiger partial charge in [-0.25, -0.2) is 9.59 Å². The van der Waals surface area contributed by atoms with E-state index in [9.17, 15) is 14.4 Å². The molecule has 1 saturated heterocycles. The molecule has 0 atom stereocenters. The number of Topliss-reactive ketones (excluding diaryl/α,β-unsaturated/α-hetero) is 1. The number of esters is 1. The average molecular weight is 375 g/mol. The number of ether oxygens (including phenoxy) is 2. The zero-order valence-corrected chi connectivity index (χ0v) is 16.0. The van der Waals surface area contributed by atoms with Crippen LogP contribution in [0.3, 0.4) is 0 Å². The van der Waals surface area contributed by atoms with Crippen LogP contribution in [-0.2, 0) is 25.7 Å². The second kappa shape index (κ2) is 11.4. The normalized spacial score (nSPS) is 14.6. The number of nitrogens with zero attached hydrogens (tertiary/aromatic N) is 1. The van der Waals surface area contributed by atoms with Gasteiger partial charge in [-0.2, -0.15) is 0 Å². The topological polar surface area (TPSA) is 72.9 Å². The molecule has 0 unspecified atom stereocenters. The van der Waals surface area contributed by atoms with Crippen LogP contribution in [0.25, 0.3) is 0 Å². The first-order valence-electron chi connectivity index (χ1n) is 9.75. The van der Waals surface area contributed by atoms with E-state index < -0.39 is 11.8 Å². The summed E-state index contributed by atoms with van der Waals surface area (Å²) in [6, 6.07) is 9.66. The van der Waals surface area contributed by atoms with E-state index in [1.807, 2.05) is 30.3 Å². The number of amides is 1. The molecule has 0 radical (unpaired) electrons. The monoisotopic (exact) mass is 375 g/mol. The molecule has 1 aromatic rings. The summed E-state index contributed by atoms with van der Waals surface area (Å²) in [5, 5.41) is 0. The Kier molecular flexibility index (Phi) is 8.81. The molecule has 0 bridgehead atoms. The van der Waals surface area contributed by atoms with Crippen molar-refractivity contribution in [1.29, 1.82) is 0 Å². The molecular formula is C21H29NO5. The zero-order chi connectivity index (χ0) is 19.5. The molecule has 0 aromatic heterocycles. The lowest BCUT2D eigenvalue weighted by molar-refractivity contribution is -0.153. The van der Waals surface area contributed by atoms with E-state index in [4.69, 9.17) is 9.47 Å². The summed E-state index contributed by atoms with van der Waals surface area (Å²) in [5.74, 6) is -0.603. The van der Waals surface area contributed by atoms with Gasteiger partial charge in [0.05, 0.1) is 6.61 Å². The van der Waals surface area contributed by atoms with Gasteiger partial charge in [-0.05, 0) is 37.7 Å². The third kappa shape index (κ3) is 7.41. The number of benzene rings is 1. The van der Waals surface area contributed by atoms with Gasteiger partial charge in [0.15, 0.2) is 0 Å². The molecular weight excluding hydrogens is 346 g/mol. The molecule has 1 aromatic carbocycles. The first-order valence-corrected chi connectivity index (χ1v) is 9.75. The molecule has 27 heavy (non-hydrogen) atoms. The Morgan fingerprint density at radius 3 is 2.41 bits per heavy atom. The number of carbonyl (C=O) groups excluding carboxylic acids is 3. The Hall–Kier alpha value is -2.37. The zero-order valence-electron chi connectivity index (χ0n) is 16.0. The van der Waals surface area contributed by atoms with Gasteiger partial charge in [-0.15, -0.1) is 0 Å². The van der Waals surface area contributed by atoms with Gasteiger partial charge in [0.1, 0.15) is 6.61 Å². The average Bonchev–Trinajstić information content (AvgIpc) is 2.70. The molecule has 0 spiro atoms. The fourth-order valence-electron chi connectivity index (χ4n) is 3.25. The van der Waals surface area contributed by atoms with Crippen LogP contribution in [0.4, 0.5) is 4.79 Å². The molecule has 148 valence electrons. The van der Waals surface area contributed by atoms with Gasteiger partial charge in [0.2, 0.25) is 5.78 Å². The third-order valence-corrected chi connectivity index (χ3v) is 4.85. The Morgan fingerprint density at radius 1 is 1.04 bits per heavy atom. The van der Waals surface area contributed by atoms with Crippen LogP contribution in [0.5, 0.6) is 0 Å². The lowest BCUT2D eigenvalue weighted by Gasteiger charge is -2.31. The second-order valence-corrected chi connectivity index (χ2v) is 6.86. The minimum Gasteiger partial charge on any atom is -0.460 e. The van der Waals surface area contributed by atoms with E-state index >= 15 is 0 Å². The van der Waals surface area contributed by atoms with Gasteiger partial charge in [-0.1, -0.05) is 43.2 Å². The fraction of sp³-hybridized carbons (Fsp3) is 0.571. The summed E-state index contributed by atoms with van der Waals surface area (Å²) in [5.41, 5.74) is 0.984. The standard InChI is InChI=1S/C21H29NO5/c1-2-26-20(24)19(23)11-7-6-8-17-12-14-22(15-13-17)21(25)27-16-18-9-4-3-5-10-18/h3-5,9-10,17H,2,6-8,11-16H2,1H3. The predicted molar refractivity (Wildman–Crippen MR) is 101 cm³/mol. The van der Waals surface area contributed by atoms with Crippen LogP contribution in [-0.4, -0.2) is 42.4 Å². The SMILES string of the molecule is CCOC(=O)C(=O)CCCCC1CCN(C(=O)OCc2ccccc2)CC1. The van der Waals surface area contributed by atoms with E-state index in [-0.39, 0.29) is 19.1 Å². The van der Waals surface area contributed by atoms with E-state index in [1.54, 1.807) is 11.8 Å². The van der Waals surface area contributed by atoms with Crippen molar-refractivity contribution >= 4 is 17.8 Å². The molecule has 0 saturated carbocycles. The first kappa shape index (κ1) is 20.9. The smallest absolute Gasteiger partial charge is 0.410 e. The molecule has 0 aliphatic carbocycles. The summed E-state index contributed by atoms with van der Waals surface area (Å²) in [6.07, 6.45) is 4.54. The van der Waals surface area contributed by atoms with Gasteiger partial charge in [-0.3, -0.25) is 4.79 Å². The summed E-state index contributed by atoms with van der Waals surface area (Å²) in [4.78, 5) is 36.7. The molecule has 1 amide bonds. The predicted octanol–water partition coefficient (Wildman–Crippen LogP) is 3.73. The molecule has 1 heterocycles. The van der Waals surface area contributed by atoms with Gasteiger partial charge in [0.25, 0.3) is 0 Å². The number of likely N-dealkylation sites (tertiary alicyclic amines) is 1. The van der Waals surface area contributed by atoms with Crippen molar-refractivity contribution in [3.63, 3.8) is 0 Å². The maximum atomic E-state index is 12.2. The van der Waals surface area contributed by atoms with Crippen LogP contribution in [0.1, 0.15) is 51.0 Å². The number of hydrogen-bond donors (Lipinski definition) is 0. The maximum absolute atomic E-state index is 12.2. The van der Waals surface area contributed by atoms with Crippen LogP contribution < -0.4 is 0 Å². The molecule has 1 aliphatic rings. The number of ketones is 1. The third-order valence-electron chi connectivity index (χ3n) is 4.85. The fourth-order valence-corrected chi connectivity index (χ4v) is 3.25.